The molecule has 0 saturated heterocycles. The van der Waals surface area contributed by atoms with Crippen molar-refractivity contribution in [2.75, 3.05) is 11.5 Å². The summed E-state index contributed by atoms with van der Waals surface area (Å²) in [5, 5.41) is 0. The molecule has 0 aliphatic heterocycles. The van der Waals surface area contributed by atoms with E-state index in [1.54, 1.807) is 0 Å². The van der Waals surface area contributed by atoms with Crippen LogP contribution in [0.5, 0.6) is 0 Å². The van der Waals surface area contributed by atoms with Crippen LogP contribution in [0.1, 0.15) is 27.7 Å². The van der Waals surface area contributed by atoms with Crippen molar-refractivity contribution in [3.63, 3.8) is 0 Å². The summed E-state index contributed by atoms with van der Waals surface area (Å²) in [5.74, 6) is 4.43. The third-order valence-corrected chi connectivity index (χ3v) is 7.41. The Labute approximate surface area is 84.1 Å². The first kappa shape index (κ1) is 12.2. The van der Waals surface area contributed by atoms with E-state index in [1.165, 1.54) is 11.5 Å². The van der Waals surface area contributed by atoms with Crippen LogP contribution in [0.4, 0.5) is 0 Å². The summed E-state index contributed by atoms with van der Waals surface area (Å²) in [4.78, 5) is 0. The quantitative estimate of drug-likeness (QED) is 0.482. The van der Waals surface area contributed by atoms with E-state index in [-0.39, 0.29) is 0 Å². The van der Waals surface area contributed by atoms with Gasteiger partial charge in [0.05, 0.1) is 0 Å². The predicted molar refractivity (Wildman–Crippen MR) is 60.3 cm³/mol. The second-order valence-corrected chi connectivity index (χ2v) is 9.39. The first-order valence-corrected chi connectivity index (χ1v) is 9.10. The molecule has 0 bridgehead atoms. The Morgan fingerprint density at radius 1 is 0.909 bits per heavy atom. The van der Waals surface area contributed by atoms with Crippen molar-refractivity contribution >= 4 is 33.2 Å². The van der Waals surface area contributed by atoms with Gasteiger partial charge in [0, 0.05) is 0 Å². The van der Waals surface area contributed by atoms with Gasteiger partial charge in [-0.05, 0) is 0 Å². The summed E-state index contributed by atoms with van der Waals surface area (Å²) in [6.45, 7) is 9.16. The van der Waals surface area contributed by atoms with Gasteiger partial charge in [-0.15, -0.1) is 0 Å². The van der Waals surface area contributed by atoms with Gasteiger partial charge >= 0.3 is 84.2 Å². The fourth-order valence-electron chi connectivity index (χ4n) is 0.512. The summed E-state index contributed by atoms with van der Waals surface area (Å²) in [5.41, 5.74) is 0. The van der Waals surface area contributed by atoms with E-state index < -0.39 is 0 Å². The summed E-state index contributed by atoms with van der Waals surface area (Å²) in [6.07, 6.45) is 0. The molecule has 0 atom stereocenters. The second kappa shape index (κ2) is 7.86. The van der Waals surface area contributed by atoms with Gasteiger partial charge in [-0.3, -0.25) is 0 Å². The van der Waals surface area contributed by atoms with Crippen LogP contribution in [-0.2, 0) is 0 Å². The Morgan fingerprint density at radius 3 is 1.55 bits per heavy atom. The third kappa shape index (κ3) is 11.2. The Bertz CT molecular complexity index is 74.2. The van der Waals surface area contributed by atoms with Gasteiger partial charge < -0.3 is 0 Å². The van der Waals surface area contributed by atoms with E-state index >= 15 is 0 Å². The monoisotopic (exact) mass is 205 g/mol. The fourth-order valence-corrected chi connectivity index (χ4v) is 6.88. The average molecular weight is 205 g/mol. The number of rotatable bonds is 6. The van der Waals surface area contributed by atoms with Crippen molar-refractivity contribution in [3.8, 4) is 0 Å². The molecule has 0 aromatic carbocycles. The van der Waals surface area contributed by atoms with E-state index in [0.29, 0.717) is 13.0 Å². The van der Waals surface area contributed by atoms with E-state index in [0.717, 1.165) is 11.8 Å². The third-order valence-electron chi connectivity index (χ3n) is 0.995. The van der Waals surface area contributed by atoms with Crippen molar-refractivity contribution in [1.29, 1.82) is 0 Å². The minimum atomic E-state index is 0.605. The first-order chi connectivity index (χ1) is 5.13. The molecule has 64 valence electrons. The van der Waals surface area contributed by atoms with Gasteiger partial charge in [-0.2, -0.15) is 0 Å². The summed E-state index contributed by atoms with van der Waals surface area (Å²) in [7, 11) is 4.30. The summed E-state index contributed by atoms with van der Waals surface area (Å²) in [6, 6.07) is 0. The number of hydrogen-bond donors (Lipinski definition) is 0. The Kier molecular flexibility index (Phi) is 8.74. The van der Waals surface area contributed by atoms with Crippen molar-refractivity contribution in [3.05, 3.63) is 0 Å². The molecule has 0 unspecified atom stereocenters. The molecule has 0 saturated carbocycles. The Balaban J connectivity index is 2.91. The molecule has 3 heteroatoms. The molecule has 0 aliphatic carbocycles. The number of hydrogen-bond acceptors (Lipinski definition) is 2. The van der Waals surface area contributed by atoms with E-state index in [2.05, 4.69) is 48.0 Å². The zero-order valence-corrected chi connectivity index (χ0v) is 10.8. The molecule has 0 N–H and O–H groups in total. The SMILES string of the molecule is CC(C)C[S][Al+][S]CC(C)C. The Hall–Kier alpha value is 1.23. The van der Waals surface area contributed by atoms with Crippen molar-refractivity contribution in [2.45, 2.75) is 27.7 Å². The normalized spacial score (nSPS) is 10.7. The van der Waals surface area contributed by atoms with Crippen LogP contribution in [0.15, 0.2) is 0 Å². The average Bonchev–Trinajstić information content (AvgIpc) is 1.85. The zero-order valence-electron chi connectivity index (χ0n) is 7.96. The molecule has 0 nitrogen and oxygen atoms in total. The van der Waals surface area contributed by atoms with E-state index in [1.807, 2.05) is 0 Å². The zero-order chi connectivity index (χ0) is 8.69. The Morgan fingerprint density at radius 2 is 1.27 bits per heavy atom. The molecule has 0 rings (SSSR count). The molecule has 11 heavy (non-hydrogen) atoms. The summed E-state index contributed by atoms with van der Waals surface area (Å²) < 4.78 is 0. The van der Waals surface area contributed by atoms with Crippen LogP contribution in [0.25, 0.3) is 0 Å². The first-order valence-electron chi connectivity index (χ1n) is 4.17. The molecule has 0 aromatic rings. The predicted octanol–water partition coefficient (Wildman–Crippen LogP) is 3.30. The maximum atomic E-state index is 2.29. The van der Waals surface area contributed by atoms with Crippen molar-refractivity contribution in [1.82, 2.24) is 0 Å². The standard InChI is InChI=1S/2C4H10S.Al/c2*1-4(2)3-5;/h2*4-5H,3H2,1-2H3;/q;;+3/p-2. The van der Waals surface area contributed by atoms with E-state index in [4.69, 9.17) is 0 Å². The molecular weight excluding hydrogens is 187 g/mol. The molecule has 0 amide bonds. The molecule has 0 heterocycles. The topological polar surface area (TPSA) is 0 Å². The van der Waals surface area contributed by atoms with Gasteiger partial charge in [0.1, 0.15) is 0 Å². The van der Waals surface area contributed by atoms with Gasteiger partial charge in [0.2, 0.25) is 0 Å². The molecule has 0 fully saturated rings. The molecule has 0 spiro atoms. The van der Waals surface area contributed by atoms with Crippen LogP contribution >= 0.6 is 20.3 Å². The summed E-state index contributed by atoms with van der Waals surface area (Å²) >= 11 is 0.605. The van der Waals surface area contributed by atoms with Crippen molar-refractivity contribution in [2.24, 2.45) is 11.8 Å². The van der Waals surface area contributed by atoms with E-state index in [9.17, 15) is 0 Å². The van der Waals surface area contributed by atoms with Crippen LogP contribution in [0.2, 0.25) is 0 Å². The fraction of sp³-hybridized carbons (Fsp3) is 1.00. The molecule has 0 radical (unpaired) electrons. The molecular formula is C8H18AlS2+. The van der Waals surface area contributed by atoms with Crippen LogP contribution < -0.4 is 0 Å². The van der Waals surface area contributed by atoms with Crippen LogP contribution in [0.3, 0.4) is 0 Å². The van der Waals surface area contributed by atoms with Gasteiger partial charge in [0.15, 0.2) is 0 Å². The second-order valence-electron chi connectivity index (χ2n) is 3.55. The molecule has 0 aliphatic rings. The van der Waals surface area contributed by atoms with Gasteiger partial charge in [-0.25, -0.2) is 0 Å². The molecule has 0 aromatic heterocycles. The van der Waals surface area contributed by atoms with Gasteiger partial charge in [0.25, 0.3) is 0 Å². The van der Waals surface area contributed by atoms with Crippen molar-refractivity contribution < 1.29 is 0 Å². The maximum absolute atomic E-state index is 2.29. The van der Waals surface area contributed by atoms with Crippen LogP contribution in [-0.4, -0.2) is 24.5 Å². The van der Waals surface area contributed by atoms with Crippen LogP contribution in [0, 0.1) is 11.8 Å². The minimum absolute atomic E-state index is 0.605. The van der Waals surface area contributed by atoms with Gasteiger partial charge in [-0.1, -0.05) is 0 Å².